The van der Waals surface area contributed by atoms with Crippen LogP contribution in [0.15, 0.2) is 15.5 Å². The molecule has 0 spiro atoms. The Morgan fingerprint density at radius 2 is 2.22 bits per heavy atom. The molecule has 1 aromatic heterocycles. The molecule has 6 nitrogen and oxygen atoms in total. The summed E-state index contributed by atoms with van der Waals surface area (Å²) in [6, 6.07) is 1.13. The molecule has 2 rings (SSSR count). The smallest absolute Gasteiger partial charge is 0.285 e. The Bertz CT molecular complexity index is 588. The number of ether oxygens (including phenoxy) is 1. The standard InChI is InChI=1S/C15H26BrN3O3Si/c1-23(2,3)8-7-22-11-19-15(21)14(16)13(9-17-19)18-6-4-5-12(18)10-20/h9,12,20H,4-8,10-11H2,1-3H3/t12-/m0/s1. The minimum atomic E-state index is -1.13. The van der Waals surface area contributed by atoms with Gasteiger partial charge in [-0.05, 0) is 34.8 Å². The minimum Gasteiger partial charge on any atom is -0.394 e. The summed E-state index contributed by atoms with van der Waals surface area (Å²) in [4.78, 5) is 14.5. The summed E-state index contributed by atoms with van der Waals surface area (Å²) in [5.74, 6) is 0. The Morgan fingerprint density at radius 3 is 2.87 bits per heavy atom. The molecule has 0 bridgehead atoms. The van der Waals surface area contributed by atoms with Gasteiger partial charge in [0.25, 0.3) is 5.56 Å². The first-order valence-electron chi connectivity index (χ1n) is 8.04. The molecule has 0 aliphatic carbocycles. The third kappa shape index (κ3) is 4.88. The van der Waals surface area contributed by atoms with Crippen LogP contribution in [0.4, 0.5) is 5.69 Å². The van der Waals surface area contributed by atoms with E-state index in [1.807, 2.05) is 0 Å². The van der Waals surface area contributed by atoms with Crippen molar-refractivity contribution < 1.29 is 9.84 Å². The van der Waals surface area contributed by atoms with Crippen LogP contribution in [0.5, 0.6) is 0 Å². The van der Waals surface area contributed by atoms with Crippen LogP contribution in [0.3, 0.4) is 0 Å². The second kappa shape index (κ2) is 7.91. The monoisotopic (exact) mass is 403 g/mol. The molecular weight excluding hydrogens is 378 g/mol. The van der Waals surface area contributed by atoms with Crippen molar-refractivity contribution in [1.29, 1.82) is 0 Å². The number of halogens is 1. The van der Waals surface area contributed by atoms with E-state index in [-0.39, 0.29) is 24.9 Å². The largest absolute Gasteiger partial charge is 0.394 e. The quantitative estimate of drug-likeness (QED) is 0.558. The third-order valence-corrected chi connectivity index (χ3v) is 6.52. The van der Waals surface area contributed by atoms with Crippen LogP contribution in [0, 0.1) is 0 Å². The summed E-state index contributed by atoms with van der Waals surface area (Å²) in [6.07, 6.45) is 3.63. The van der Waals surface area contributed by atoms with Gasteiger partial charge in [-0.2, -0.15) is 5.10 Å². The van der Waals surface area contributed by atoms with Gasteiger partial charge in [-0.15, -0.1) is 0 Å². The van der Waals surface area contributed by atoms with Crippen LogP contribution >= 0.6 is 15.9 Å². The number of rotatable bonds is 7. The number of aliphatic hydroxyl groups excluding tert-OH is 1. The van der Waals surface area contributed by atoms with Crippen molar-refractivity contribution in [3.05, 3.63) is 21.0 Å². The van der Waals surface area contributed by atoms with Crippen LogP contribution in [-0.4, -0.2) is 48.8 Å². The predicted molar refractivity (Wildman–Crippen MR) is 97.8 cm³/mol. The van der Waals surface area contributed by atoms with E-state index in [1.165, 1.54) is 4.68 Å². The lowest BCUT2D eigenvalue weighted by Crippen LogP contribution is -2.35. The van der Waals surface area contributed by atoms with Gasteiger partial charge in [0, 0.05) is 21.2 Å². The second-order valence-corrected chi connectivity index (χ2v) is 13.6. The van der Waals surface area contributed by atoms with Crippen molar-refractivity contribution in [2.45, 2.75) is 51.3 Å². The highest BCUT2D eigenvalue weighted by atomic mass is 79.9. The Labute approximate surface area is 146 Å². The molecule has 1 N–H and O–H groups in total. The van der Waals surface area contributed by atoms with Crippen LogP contribution in [0.1, 0.15) is 12.8 Å². The van der Waals surface area contributed by atoms with Crippen molar-refractivity contribution in [2.75, 3.05) is 24.7 Å². The number of hydrogen-bond donors (Lipinski definition) is 1. The summed E-state index contributed by atoms with van der Waals surface area (Å²) in [7, 11) is -1.13. The Morgan fingerprint density at radius 1 is 1.48 bits per heavy atom. The highest BCUT2D eigenvalue weighted by Crippen LogP contribution is 2.29. The first-order chi connectivity index (χ1) is 10.8. The lowest BCUT2D eigenvalue weighted by molar-refractivity contribution is 0.0748. The Kier molecular flexibility index (Phi) is 6.41. The van der Waals surface area contributed by atoms with Crippen molar-refractivity contribution in [3.63, 3.8) is 0 Å². The lowest BCUT2D eigenvalue weighted by atomic mass is 10.2. The molecule has 0 amide bonds. The maximum absolute atomic E-state index is 12.4. The Hall–Kier alpha value is -0.703. The molecule has 0 unspecified atom stereocenters. The first kappa shape index (κ1) is 18.6. The van der Waals surface area contributed by atoms with Crippen molar-refractivity contribution in [1.82, 2.24) is 9.78 Å². The van der Waals surface area contributed by atoms with Crippen molar-refractivity contribution >= 4 is 29.7 Å². The van der Waals surface area contributed by atoms with Gasteiger partial charge in [0.05, 0.1) is 24.5 Å². The van der Waals surface area contributed by atoms with Gasteiger partial charge < -0.3 is 14.7 Å². The van der Waals surface area contributed by atoms with Gasteiger partial charge in [-0.1, -0.05) is 19.6 Å². The van der Waals surface area contributed by atoms with Crippen molar-refractivity contribution in [2.24, 2.45) is 0 Å². The van der Waals surface area contributed by atoms with E-state index in [0.717, 1.165) is 31.1 Å². The highest BCUT2D eigenvalue weighted by molar-refractivity contribution is 9.10. The predicted octanol–water partition coefficient (Wildman–Crippen LogP) is 2.28. The highest BCUT2D eigenvalue weighted by Gasteiger charge is 2.27. The maximum Gasteiger partial charge on any atom is 0.285 e. The van der Waals surface area contributed by atoms with Crippen molar-refractivity contribution in [3.8, 4) is 0 Å². The Balaban J connectivity index is 2.04. The number of hydrogen-bond acceptors (Lipinski definition) is 5. The molecule has 1 fully saturated rings. The van der Waals surface area contributed by atoms with E-state index < -0.39 is 8.07 Å². The second-order valence-electron chi connectivity index (χ2n) is 7.17. The van der Waals surface area contributed by atoms with Gasteiger partial charge >= 0.3 is 0 Å². The molecule has 2 heterocycles. The fourth-order valence-corrected chi connectivity index (χ4v) is 3.91. The number of aromatic nitrogens is 2. The normalized spacial score (nSPS) is 18.7. The van der Waals surface area contributed by atoms with Gasteiger partial charge in [-0.3, -0.25) is 4.79 Å². The average Bonchev–Trinajstić information content (AvgIpc) is 2.95. The summed E-state index contributed by atoms with van der Waals surface area (Å²) >= 11 is 3.39. The van der Waals surface area contributed by atoms with Crippen LogP contribution in [-0.2, 0) is 11.5 Å². The summed E-state index contributed by atoms with van der Waals surface area (Å²) in [5.41, 5.74) is 0.559. The molecule has 1 aliphatic heterocycles. The number of aliphatic hydroxyl groups is 1. The topological polar surface area (TPSA) is 67.6 Å². The molecule has 0 radical (unpaired) electrons. The number of anilines is 1. The van der Waals surface area contributed by atoms with E-state index >= 15 is 0 Å². The molecule has 1 aromatic rings. The maximum atomic E-state index is 12.4. The SMILES string of the molecule is C[Si](C)(C)CCOCn1ncc(N2CCC[C@H]2CO)c(Br)c1=O. The zero-order valence-corrected chi connectivity index (χ0v) is 16.7. The van der Waals surface area contributed by atoms with Gasteiger partial charge in [0.2, 0.25) is 0 Å². The molecule has 1 aliphatic rings. The zero-order chi connectivity index (χ0) is 17.0. The third-order valence-electron chi connectivity index (χ3n) is 4.07. The molecule has 0 saturated carbocycles. The fraction of sp³-hybridized carbons (Fsp3) is 0.733. The molecule has 1 saturated heterocycles. The summed E-state index contributed by atoms with van der Waals surface area (Å²) in [6.45, 7) is 8.63. The van der Waals surface area contributed by atoms with E-state index in [9.17, 15) is 9.90 Å². The van der Waals surface area contributed by atoms with E-state index in [0.29, 0.717) is 11.1 Å². The van der Waals surface area contributed by atoms with E-state index in [1.54, 1.807) is 6.20 Å². The lowest BCUT2D eigenvalue weighted by Gasteiger charge is -2.25. The fourth-order valence-electron chi connectivity index (χ4n) is 2.62. The first-order valence-corrected chi connectivity index (χ1v) is 12.5. The molecular formula is C15H26BrN3O3Si. The van der Waals surface area contributed by atoms with Gasteiger partial charge in [0.15, 0.2) is 0 Å². The van der Waals surface area contributed by atoms with E-state index in [4.69, 9.17) is 4.74 Å². The molecule has 8 heteroatoms. The molecule has 130 valence electrons. The summed E-state index contributed by atoms with van der Waals surface area (Å²) in [5, 5.41) is 13.7. The average molecular weight is 404 g/mol. The van der Waals surface area contributed by atoms with E-state index in [2.05, 4.69) is 45.6 Å². The minimum absolute atomic E-state index is 0.0661. The number of nitrogens with zero attached hydrogens (tertiary/aromatic N) is 3. The van der Waals surface area contributed by atoms with Gasteiger partial charge in [-0.25, -0.2) is 4.68 Å². The zero-order valence-electron chi connectivity index (χ0n) is 14.1. The molecule has 23 heavy (non-hydrogen) atoms. The summed E-state index contributed by atoms with van der Waals surface area (Å²) < 4.78 is 7.42. The molecule has 0 aromatic carbocycles. The van der Waals surface area contributed by atoms with Gasteiger partial charge in [0.1, 0.15) is 11.2 Å². The molecule has 1 atom stereocenters. The van der Waals surface area contributed by atoms with Crippen LogP contribution < -0.4 is 10.5 Å². The van der Waals surface area contributed by atoms with Crippen LogP contribution in [0.2, 0.25) is 25.7 Å². The van der Waals surface area contributed by atoms with Crippen LogP contribution in [0.25, 0.3) is 0 Å².